The third-order valence-electron chi connectivity index (χ3n) is 1.48. The molecule has 64 valence electrons. The van der Waals surface area contributed by atoms with Crippen molar-refractivity contribution < 1.29 is 14.6 Å². The first-order valence-electron chi connectivity index (χ1n) is 3.60. The molecule has 0 heterocycles. The van der Waals surface area contributed by atoms with Gasteiger partial charge in [0.05, 0.1) is 0 Å². The van der Waals surface area contributed by atoms with Gasteiger partial charge in [0.15, 0.2) is 0 Å². The molecular weight excluding hydrogens is 156 g/mol. The Labute approximate surface area is 70.6 Å². The van der Waals surface area contributed by atoms with Crippen LogP contribution in [-0.4, -0.2) is 11.3 Å². The molecule has 0 saturated carbocycles. The van der Waals surface area contributed by atoms with Crippen molar-refractivity contribution in [3.8, 4) is 0 Å². The molecule has 0 aliphatic rings. The van der Waals surface area contributed by atoms with Crippen molar-refractivity contribution in [1.29, 1.82) is 0 Å². The van der Waals surface area contributed by atoms with Crippen LogP contribution in [0.4, 0.5) is 4.79 Å². The van der Waals surface area contributed by atoms with Crippen molar-refractivity contribution in [3.05, 3.63) is 35.4 Å². The van der Waals surface area contributed by atoms with Gasteiger partial charge in [0.2, 0.25) is 0 Å². The molecule has 1 N–H and O–H groups in total. The lowest BCUT2D eigenvalue weighted by Gasteiger charge is -2.00. The Morgan fingerprint density at radius 2 is 2.00 bits per heavy atom. The van der Waals surface area contributed by atoms with Crippen LogP contribution in [0.3, 0.4) is 0 Å². The van der Waals surface area contributed by atoms with Crippen LogP contribution in [0, 0.1) is 6.92 Å². The molecule has 0 aliphatic carbocycles. The summed E-state index contributed by atoms with van der Waals surface area (Å²) in [6.45, 7) is 2.09. The topological polar surface area (TPSA) is 46.5 Å². The maximum Gasteiger partial charge on any atom is 0.506 e. The summed E-state index contributed by atoms with van der Waals surface area (Å²) < 4.78 is 4.38. The van der Waals surface area contributed by atoms with Gasteiger partial charge in [-0.25, -0.2) is 4.79 Å². The molecule has 1 aromatic rings. The molecule has 0 spiro atoms. The average Bonchev–Trinajstić information content (AvgIpc) is 2.03. The standard InChI is InChI=1S/C9H10O3/c1-7-2-4-8(5-3-7)6-12-9(10)11/h2-5H,6H2,1H3,(H,10,11). The van der Waals surface area contributed by atoms with Gasteiger partial charge >= 0.3 is 6.16 Å². The minimum atomic E-state index is -1.24. The summed E-state index contributed by atoms with van der Waals surface area (Å²) in [5.41, 5.74) is 2.01. The Balaban J connectivity index is 2.53. The Morgan fingerprint density at radius 3 is 2.50 bits per heavy atom. The zero-order valence-electron chi connectivity index (χ0n) is 6.78. The van der Waals surface area contributed by atoms with Crippen LogP contribution < -0.4 is 0 Å². The van der Waals surface area contributed by atoms with Crippen LogP contribution in [0.1, 0.15) is 11.1 Å². The zero-order chi connectivity index (χ0) is 8.97. The number of hydrogen-bond donors (Lipinski definition) is 1. The van der Waals surface area contributed by atoms with Crippen molar-refractivity contribution in [1.82, 2.24) is 0 Å². The van der Waals surface area contributed by atoms with E-state index in [9.17, 15) is 4.79 Å². The van der Waals surface area contributed by atoms with Gasteiger partial charge < -0.3 is 9.84 Å². The van der Waals surface area contributed by atoms with E-state index in [2.05, 4.69) is 4.74 Å². The van der Waals surface area contributed by atoms with E-state index in [4.69, 9.17) is 5.11 Å². The maximum atomic E-state index is 10.0. The first-order chi connectivity index (χ1) is 5.68. The lowest BCUT2D eigenvalue weighted by Crippen LogP contribution is -1.99. The van der Waals surface area contributed by atoms with Gasteiger partial charge in [0.25, 0.3) is 0 Å². The first-order valence-corrected chi connectivity index (χ1v) is 3.60. The summed E-state index contributed by atoms with van der Waals surface area (Å²) in [5.74, 6) is 0. The van der Waals surface area contributed by atoms with Crippen LogP contribution in [-0.2, 0) is 11.3 Å². The van der Waals surface area contributed by atoms with Gasteiger partial charge in [-0.3, -0.25) is 0 Å². The average molecular weight is 166 g/mol. The van der Waals surface area contributed by atoms with Gasteiger partial charge in [-0.2, -0.15) is 0 Å². The molecule has 12 heavy (non-hydrogen) atoms. The molecule has 0 aliphatic heterocycles. The predicted octanol–water partition coefficient (Wildman–Crippen LogP) is 2.19. The molecule has 1 aromatic carbocycles. The minimum absolute atomic E-state index is 0.121. The fraction of sp³-hybridized carbons (Fsp3) is 0.222. The quantitative estimate of drug-likeness (QED) is 0.685. The van der Waals surface area contributed by atoms with Crippen LogP contribution >= 0.6 is 0 Å². The number of carboxylic acid groups (broad SMARTS) is 1. The van der Waals surface area contributed by atoms with E-state index in [0.717, 1.165) is 11.1 Å². The lowest BCUT2D eigenvalue weighted by molar-refractivity contribution is 0.0854. The van der Waals surface area contributed by atoms with E-state index in [-0.39, 0.29) is 6.61 Å². The highest BCUT2D eigenvalue weighted by Crippen LogP contribution is 2.04. The van der Waals surface area contributed by atoms with Crippen LogP contribution in [0.5, 0.6) is 0 Å². The molecule has 0 aromatic heterocycles. The van der Waals surface area contributed by atoms with E-state index in [1.807, 2.05) is 31.2 Å². The van der Waals surface area contributed by atoms with Crippen LogP contribution in [0.15, 0.2) is 24.3 Å². The highest BCUT2D eigenvalue weighted by Gasteiger charge is 1.97. The highest BCUT2D eigenvalue weighted by atomic mass is 16.7. The van der Waals surface area contributed by atoms with E-state index in [1.165, 1.54) is 0 Å². The second-order valence-corrected chi connectivity index (χ2v) is 2.54. The third kappa shape index (κ3) is 2.62. The number of hydrogen-bond acceptors (Lipinski definition) is 2. The Hall–Kier alpha value is -1.51. The highest BCUT2D eigenvalue weighted by molar-refractivity contribution is 5.56. The summed E-state index contributed by atoms with van der Waals surface area (Å²) >= 11 is 0. The van der Waals surface area contributed by atoms with Crippen molar-refractivity contribution in [2.45, 2.75) is 13.5 Å². The molecule has 0 radical (unpaired) electrons. The number of carbonyl (C=O) groups is 1. The summed E-state index contributed by atoms with van der Waals surface area (Å²) in [7, 11) is 0. The van der Waals surface area contributed by atoms with Crippen LogP contribution in [0.2, 0.25) is 0 Å². The summed E-state index contributed by atoms with van der Waals surface area (Å²) in [6.07, 6.45) is -1.24. The molecule has 0 amide bonds. The SMILES string of the molecule is Cc1ccc(COC(=O)O)cc1. The molecule has 3 heteroatoms. The maximum absolute atomic E-state index is 10.0. The van der Waals surface area contributed by atoms with E-state index in [0.29, 0.717) is 0 Å². The Morgan fingerprint density at radius 1 is 1.42 bits per heavy atom. The van der Waals surface area contributed by atoms with E-state index >= 15 is 0 Å². The monoisotopic (exact) mass is 166 g/mol. The largest absolute Gasteiger partial charge is 0.506 e. The van der Waals surface area contributed by atoms with Crippen LogP contribution in [0.25, 0.3) is 0 Å². The summed E-state index contributed by atoms with van der Waals surface area (Å²) in [5, 5.41) is 8.21. The molecule has 0 fully saturated rings. The molecule has 0 saturated heterocycles. The van der Waals surface area contributed by atoms with E-state index < -0.39 is 6.16 Å². The Kier molecular flexibility index (Phi) is 2.69. The zero-order valence-corrected chi connectivity index (χ0v) is 6.78. The van der Waals surface area contributed by atoms with Crippen molar-refractivity contribution in [2.75, 3.05) is 0 Å². The van der Waals surface area contributed by atoms with Gasteiger partial charge in [0, 0.05) is 0 Å². The fourth-order valence-electron chi connectivity index (χ4n) is 0.829. The second-order valence-electron chi connectivity index (χ2n) is 2.54. The minimum Gasteiger partial charge on any atom is -0.450 e. The van der Waals surface area contributed by atoms with Gasteiger partial charge in [0.1, 0.15) is 6.61 Å². The number of rotatable bonds is 2. The molecular formula is C9H10O3. The smallest absolute Gasteiger partial charge is 0.450 e. The fourth-order valence-corrected chi connectivity index (χ4v) is 0.829. The van der Waals surface area contributed by atoms with Gasteiger partial charge in [-0.15, -0.1) is 0 Å². The summed E-state index contributed by atoms with van der Waals surface area (Å²) in [4.78, 5) is 10.0. The predicted molar refractivity (Wildman–Crippen MR) is 44.0 cm³/mol. The number of benzene rings is 1. The van der Waals surface area contributed by atoms with E-state index in [1.54, 1.807) is 0 Å². The first kappa shape index (κ1) is 8.59. The molecule has 3 nitrogen and oxygen atoms in total. The summed E-state index contributed by atoms with van der Waals surface area (Å²) in [6, 6.07) is 7.53. The Bertz CT molecular complexity index is 264. The van der Waals surface area contributed by atoms with Crippen molar-refractivity contribution in [3.63, 3.8) is 0 Å². The number of aryl methyl sites for hydroxylation is 1. The number of ether oxygens (including phenoxy) is 1. The molecule has 1 rings (SSSR count). The van der Waals surface area contributed by atoms with Crippen molar-refractivity contribution in [2.24, 2.45) is 0 Å². The molecule has 0 unspecified atom stereocenters. The van der Waals surface area contributed by atoms with Crippen molar-refractivity contribution >= 4 is 6.16 Å². The van der Waals surface area contributed by atoms with Gasteiger partial charge in [-0.05, 0) is 12.5 Å². The normalized spacial score (nSPS) is 9.42. The van der Waals surface area contributed by atoms with Gasteiger partial charge in [-0.1, -0.05) is 29.8 Å². The lowest BCUT2D eigenvalue weighted by atomic mass is 10.2. The molecule has 0 bridgehead atoms. The third-order valence-corrected chi connectivity index (χ3v) is 1.48. The second kappa shape index (κ2) is 3.76. The molecule has 0 atom stereocenters.